The normalized spacial score (nSPS) is 12.5. The smallest absolute Gasteiger partial charge is 0.0851 e. The van der Waals surface area contributed by atoms with Crippen molar-refractivity contribution in [1.82, 2.24) is 4.98 Å². The maximum Gasteiger partial charge on any atom is 0.0851 e. The molecule has 1 heterocycles. The fraction of sp³-hybridized carbons (Fsp3) is 0.167. The SMILES string of the molecule is Cc1cccc(CC(O)c2cncc3ccccc23)c1. The third-order valence-corrected chi connectivity index (χ3v) is 3.57. The highest BCUT2D eigenvalue weighted by atomic mass is 16.3. The molecule has 3 rings (SSSR count). The Morgan fingerprint density at radius 3 is 2.75 bits per heavy atom. The Balaban J connectivity index is 1.94. The van der Waals surface area contributed by atoms with Crippen molar-refractivity contribution < 1.29 is 5.11 Å². The van der Waals surface area contributed by atoms with Gasteiger partial charge in [-0.15, -0.1) is 0 Å². The van der Waals surface area contributed by atoms with Crippen molar-refractivity contribution in [3.8, 4) is 0 Å². The first-order valence-electron chi connectivity index (χ1n) is 6.80. The molecule has 0 amide bonds. The van der Waals surface area contributed by atoms with E-state index >= 15 is 0 Å². The lowest BCUT2D eigenvalue weighted by Crippen LogP contribution is -2.03. The van der Waals surface area contributed by atoms with Crippen molar-refractivity contribution in [3.63, 3.8) is 0 Å². The molecule has 1 atom stereocenters. The summed E-state index contributed by atoms with van der Waals surface area (Å²) in [5.74, 6) is 0. The first kappa shape index (κ1) is 12.8. The number of hydrogen-bond donors (Lipinski definition) is 1. The molecule has 0 aliphatic carbocycles. The number of aromatic nitrogens is 1. The lowest BCUT2D eigenvalue weighted by molar-refractivity contribution is 0.179. The number of hydrogen-bond acceptors (Lipinski definition) is 2. The first-order valence-corrected chi connectivity index (χ1v) is 6.80. The van der Waals surface area contributed by atoms with Gasteiger partial charge in [0.25, 0.3) is 0 Å². The van der Waals surface area contributed by atoms with Crippen LogP contribution in [0.3, 0.4) is 0 Å². The second-order valence-corrected chi connectivity index (χ2v) is 5.16. The number of benzene rings is 2. The highest BCUT2D eigenvalue weighted by Gasteiger charge is 2.12. The number of aliphatic hydroxyl groups excluding tert-OH is 1. The van der Waals surface area contributed by atoms with Crippen LogP contribution in [0.4, 0.5) is 0 Å². The third kappa shape index (κ3) is 2.56. The third-order valence-electron chi connectivity index (χ3n) is 3.57. The maximum atomic E-state index is 10.5. The van der Waals surface area contributed by atoms with Gasteiger partial charge < -0.3 is 5.11 Å². The van der Waals surface area contributed by atoms with Gasteiger partial charge in [0.2, 0.25) is 0 Å². The standard InChI is InChI=1S/C18H17NO/c1-13-5-4-6-14(9-13)10-18(20)17-12-19-11-15-7-2-3-8-16(15)17/h2-9,11-12,18,20H,10H2,1H3. The average Bonchev–Trinajstić information content (AvgIpc) is 2.46. The monoisotopic (exact) mass is 263 g/mol. The highest BCUT2D eigenvalue weighted by molar-refractivity contribution is 5.84. The molecule has 2 heteroatoms. The Morgan fingerprint density at radius 2 is 1.90 bits per heavy atom. The summed E-state index contributed by atoms with van der Waals surface area (Å²) < 4.78 is 0. The summed E-state index contributed by atoms with van der Waals surface area (Å²) in [4.78, 5) is 4.23. The number of pyridine rings is 1. The van der Waals surface area contributed by atoms with E-state index in [4.69, 9.17) is 0 Å². The zero-order valence-electron chi connectivity index (χ0n) is 11.5. The van der Waals surface area contributed by atoms with E-state index in [1.165, 1.54) is 5.56 Å². The lowest BCUT2D eigenvalue weighted by Gasteiger charge is -2.13. The molecule has 0 fully saturated rings. The molecule has 0 aliphatic rings. The van der Waals surface area contributed by atoms with Gasteiger partial charge in [-0.05, 0) is 17.9 Å². The zero-order valence-corrected chi connectivity index (χ0v) is 11.5. The van der Waals surface area contributed by atoms with E-state index in [0.29, 0.717) is 6.42 Å². The molecular formula is C18H17NO. The van der Waals surface area contributed by atoms with Crippen LogP contribution in [-0.4, -0.2) is 10.1 Å². The minimum absolute atomic E-state index is 0.532. The number of rotatable bonds is 3. The molecule has 20 heavy (non-hydrogen) atoms. The van der Waals surface area contributed by atoms with E-state index in [1.807, 2.05) is 36.5 Å². The molecule has 100 valence electrons. The number of aliphatic hydroxyl groups is 1. The molecule has 2 aromatic carbocycles. The second kappa shape index (κ2) is 5.43. The molecule has 0 aliphatic heterocycles. The summed E-state index contributed by atoms with van der Waals surface area (Å²) in [6, 6.07) is 16.3. The molecule has 0 spiro atoms. The lowest BCUT2D eigenvalue weighted by atomic mass is 9.97. The van der Waals surface area contributed by atoms with Crippen molar-refractivity contribution in [2.45, 2.75) is 19.4 Å². The van der Waals surface area contributed by atoms with E-state index in [1.54, 1.807) is 6.20 Å². The van der Waals surface area contributed by atoms with Gasteiger partial charge >= 0.3 is 0 Å². The Kier molecular flexibility index (Phi) is 3.48. The van der Waals surface area contributed by atoms with Crippen LogP contribution in [-0.2, 0) is 6.42 Å². The number of fused-ring (bicyclic) bond motifs is 1. The largest absolute Gasteiger partial charge is 0.388 e. The number of aryl methyl sites for hydroxylation is 1. The first-order chi connectivity index (χ1) is 9.74. The van der Waals surface area contributed by atoms with Crippen molar-refractivity contribution in [3.05, 3.63) is 77.6 Å². The summed E-state index contributed by atoms with van der Waals surface area (Å²) >= 11 is 0. The van der Waals surface area contributed by atoms with Crippen LogP contribution in [0.5, 0.6) is 0 Å². The van der Waals surface area contributed by atoms with Gasteiger partial charge in [-0.25, -0.2) is 0 Å². The molecule has 1 unspecified atom stereocenters. The van der Waals surface area contributed by atoms with Crippen LogP contribution in [0.2, 0.25) is 0 Å². The molecule has 3 aromatic rings. The Morgan fingerprint density at radius 1 is 1.05 bits per heavy atom. The molecule has 1 N–H and O–H groups in total. The van der Waals surface area contributed by atoms with Crippen LogP contribution in [0, 0.1) is 6.92 Å². The van der Waals surface area contributed by atoms with Crippen molar-refractivity contribution in [2.75, 3.05) is 0 Å². The van der Waals surface area contributed by atoms with Crippen LogP contribution >= 0.6 is 0 Å². The van der Waals surface area contributed by atoms with Crippen LogP contribution < -0.4 is 0 Å². The van der Waals surface area contributed by atoms with Gasteiger partial charge in [0.15, 0.2) is 0 Å². The van der Waals surface area contributed by atoms with E-state index in [2.05, 4.69) is 30.1 Å². The summed E-state index contributed by atoms with van der Waals surface area (Å²) in [5.41, 5.74) is 3.25. The van der Waals surface area contributed by atoms with Crippen molar-refractivity contribution >= 4 is 10.8 Å². The topological polar surface area (TPSA) is 33.1 Å². The van der Waals surface area contributed by atoms with Gasteiger partial charge in [0.05, 0.1) is 6.10 Å². The van der Waals surface area contributed by atoms with Gasteiger partial charge in [-0.3, -0.25) is 4.98 Å². The molecule has 2 nitrogen and oxygen atoms in total. The summed E-state index contributed by atoms with van der Waals surface area (Å²) in [6.07, 6.45) is 3.67. The quantitative estimate of drug-likeness (QED) is 0.779. The summed E-state index contributed by atoms with van der Waals surface area (Å²) in [7, 11) is 0. The summed E-state index contributed by atoms with van der Waals surface area (Å²) in [6.45, 7) is 2.06. The predicted octanol–water partition coefficient (Wildman–Crippen LogP) is 3.82. The average molecular weight is 263 g/mol. The molecule has 0 bridgehead atoms. The zero-order chi connectivity index (χ0) is 13.9. The van der Waals surface area contributed by atoms with Crippen LogP contribution in [0.1, 0.15) is 22.8 Å². The molecule has 1 aromatic heterocycles. The fourth-order valence-corrected chi connectivity index (χ4v) is 2.58. The van der Waals surface area contributed by atoms with Crippen LogP contribution in [0.15, 0.2) is 60.9 Å². The highest BCUT2D eigenvalue weighted by Crippen LogP contribution is 2.25. The van der Waals surface area contributed by atoms with E-state index in [0.717, 1.165) is 21.9 Å². The summed E-state index contributed by atoms with van der Waals surface area (Å²) in [5, 5.41) is 12.7. The Hall–Kier alpha value is -2.19. The van der Waals surface area contributed by atoms with Crippen molar-refractivity contribution in [1.29, 1.82) is 0 Å². The second-order valence-electron chi connectivity index (χ2n) is 5.16. The van der Waals surface area contributed by atoms with Gasteiger partial charge in [0.1, 0.15) is 0 Å². The Labute approximate surface area is 118 Å². The van der Waals surface area contributed by atoms with Gasteiger partial charge in [-0.1, -0.05) is 54.1 Å². The van der Waals surface area contributed by atoms with Gasteiger partial charge in [0, 0.05) is 29.8 Å². The predicted molar refractivity (Wildman–Crippen MR) is 81.6 cm³/mol. The fourth-order valence-electron chi connectivity index (χ4n) is 2.58. The minimum atomic E-state index is -0.532. The minimum Gasteiger partial charge on any atom is -0.388 e. The van der Waals surface area contributed by atoms with Crippen LogP contribution in [0.25, 0.3) is 10.8 Å². The maximum absolute atomic E-state index is 10.5. The molecule has 0 saturated carbocycles. The molecular weight excluding hydrogens is 246 g/mol. The van der Waals surface area contributed by atoms with E-state index in [9.17, 15) is 5.11 Å². The van der Waals surface area contributed by atoms with E-state index in [-0.39, 0.29) is 0 Å². The van der Waals surface area contributed by atoms with Crippen molar-refractivity contribution in [2.24, 2.45) is 0 Å². The molecule has 0 radical (unpaired) electrons. The van der Waals surface area contributed by atoms with Gasteiger partial charge in [-0.2, -0.15) is 0 Å². The Bertz CT molecular complexity index is 731. The molecule has 0 saturated heterocycles. The number of nitrogens with zero attached hydrogens (tertiary/aromatic N) is 1. The van der Waals surface area contributed by atoms with E-state index < -0.39 is 6.10 Å².